The van der Waals surface area contributed by atoms with Crippen LogP contribution < -0.4 is 4.74 Å². The Bertz CT molecular complexity index is 1170. The minimum atomic E-state index is -1.03. The van der Waals surface area contributed by atoms with Crippen LogP contribution in [0.15, 0.2) is 97.1 Å². The van der Waals surface area contributed by atoms with E-state index in [1.165, 1.54) is 0 Å². The second kappa shape index (κ2) is 10.6. The van der Waals surface area contributed by atoms with Gasteiger partial charge in [0.25, 0.3) is 0 Å². The molecule has 0 radical (unpaired) electrons. The van der Waals surface area contributed by atoms with E-state index < -0.39 is 17.7 Å². The second-order valence-corrected chi connectivity index (χ2v) is 9.20. The summed E-state index contributed by atoms with van der Waals surface area (Å²) in [6.07, 6.45) is -0.456. The van der Waals surface area contributed by atoms with Crippen molar-refractivity contribution in [3.8, 4) is 28.0 Å². The quantitative estimate of drug-likeness (QED) is 0.165. The summed E-state index contributed by atoms with van der Waals surface area (Å²) in [5.74, 6) is 0.0498. The zero-order chi connectivity index (χ0) is 24.9. The average molecular weight is 457 g/mol. The van der Waals surface area contributed by atoms with Gasteiger partial charge in [0.05, 0.1) is 12.2 Å². The zero-order valence-corrected chi connectivity index (χ0v) is 20.3. The van der Waals surface area contributed by atoms with Crippen LogP contribution in [0, 0.1) is 0 Å². The molecule has 1 atom stereocenters. The molecule has 0 bridgehead atoms. The third-order valence-corrected chi connectivity index (χ3v) is 5.29. The van der Waals surface area contributed by atoms with Gasteiger partial charge in [0.1, 0.15) is 11.9 Å². The molecule has 0 aliphatic carbocycles. The first kappa shape index (κ1) is 25.2. The summed E-state index contributed by atoms with van der Waals surface area (Å²) in [5, 5.41) is 10.6. The van der Waals surface area contributed by atoms with Gasteiger partial charge in [-0.05, 0) is 73.7 Å². The molecule has 0 fully saturated rings. The maximum atomic E-state index is 11.7. The van der Waals surface area contributed by atoms with Crippen LogP contribution in [0.4, 0.5) is 0 Å². The first-order valence-electron chi connectivity index (χ1n) is 11.2. The monoisotopic (exact) mass is 456 g/mol. The van der Waals surface area contributed by atoms with E-state index in [0.717, 1.165) is 33.4 Å². The largest absolute Gasteiger partial charge is 0.423 e. The summed E-state index contributed by atoms with van der Waals surface area (Å²) in [6, 6.07) is 23.7. The van der Waals surface area contributed by atoms with Gasteiger partial charge >= 0.3 is 5.97 Å². The normalized spacial score (nSPS) is 12.1. The molecule has 3 rings (SSSR count). The molecule has 4 heteroatoms. The summed E-state index contributed by atoms with van der Waals surface area (Å²) < 4.78 is 11.2. The van der Waals surface area contributed by atoms with Crippen molar-refractivity contribution in [1.82, 2.24) is 0 Å². The number of carbonyl (C=O) groups is 1. The third-order valence-electron chi connectivity index (χ3n) is 5.29. The van der Waals surface area contributed by atoms with Gasteiger partial charge in [-0.15, -0.1) is 0 Å². The van der Waals surface area contributed by atoms with E-state index in [2.05, 4.69) is 25.3 Å². The molecule has 0 saturated heterocycles. The fraction of sp³-hybridized carbons (Fsp3) is 0.233. The molecule has 1 unspecified atom stereocenters. The van der Waals surface area contributed by atoms with Crippen molar-refractivity contribution < 1.29 is 19.4 Å². The molecule has 0 heterocycles. The van der Waals surface area contributed by atoms with Gasteiger partial charge in [-0.1, -0.05) is 73.3 Å². The highest BCUT2D eigenvalue weighted by molar-refractivity contribution is 5.88. The highest BCUT2D eigenvalue weighted by Gasteiger charge is 2.29. The van der Waals surface area contributed by atoms with Crippen molar-refractivity contribution in [2.24, 2.45) is 0 Å². The van der Waals surface area contributed by atoms with Crippen LogP contribution in [0.2, 0.25) is 0 Å². The third kappa shape index (κ3) is 6.53. The molecule has 1 N–H and O–H groups in total. The number of rotatable bonds is 9. The zero-order valence-electron chi connectivity index (χ0n) is 20.3. The Kier molecular flexibility index (Phi) is 7.87. The number of carbonyl (C=O) groups excluding carboxylic acids is 1. The van der Waals surface area contributed by atoms with E-state index in [1.807, 2.05) is 55.5 Å². The Morgan fingerprint density at radius 2 is 1.41 bits per heavy atom. The Morgan fingerprint density at radius 1 is 0.882 bits per heavy atom. The Morgan fingerprint density at radius 3 is 1.88 bits per heavy atom. The van der Waals surface area contributed by atoms with Gasteiger partial charge in [-0.2, -0.15) is 0 Å². The molecule has 4 nitrogen and oxygen atoms in total. The maximum absolute atomic E-state index is 11.7. The molecule has 0 aliphatic rings. The lowest BCUT2D eigenvalue weighted by molar-refractivity contribution is -0.130. The number of aliphatic hydroxyl groups is 1. The van der Waals surface area contributed by atoms with E-state index in [-0.39, 0.29) is 0 Å². The molecule has 176 valence electrons. The molecule has 0 aliphatic heterocycles. The van der Waals surface area contributed by atoms with Gasteiger partial charge in [-0.3, -0.25) is 0 Å². The first-order chi connectivity index (χ1) is 16.0. The van der Waals surface area contributed by atoms with E-state index in [4.69, 9.17) is 9.47 Å². The average Bonchev–Trinajstić information content (AvgIpc) is 2.79. The predicted molar refractivity (Wildman–Crippen MR) is 138 cm³/mol. The topological polar surface area (TPSA) is 55.8 Å². The van der Waals surface area contributed by atoms with Crippen LogP contribution in [-0.4, -0.2) is 23.3 Å². The summed E-state index contributed by atoms with van der Waals surface area (Å²) in [6.45, 7) is 14.9. The van der Waals surface area contributed by atoms with Crippen LogP contribution in [0.25, 0.3) is 22.3 Å². The molecule has 0 spiro atoms. The lowest BCUT2D eigenvalue weighted by Crippen LogP contribution is -2.31. The molecular formula is C30H32O4. The van der Waals surface area contributed by atoms with E-state index in [0.29, 0.717) is 17.9 Å². The standard InChI is InChI=1S/C30H32O4/c1-20(2)19-33-28(30(5,6)32)24-12-10-22(11-13-24)25-8-7-9-26(18-25)23-14-16-27(17-15-23)34-29(31)21(3)4/h7-18,28,32H,1,3,19H2,2,4-6H3. The smallest absolute Gasteiger partial charge is 0.338 e. The van der Waals surface area contributed by atoms with E-state index in [1.54, 1.807) is 32.9 Å². The number of hydrogen-bond acceptors (Lipinski definition) is 4. The minimum absolute atomic E-state index is 0.360. The molecule has 34 heavy (non-hydrogen) atoms. The van der Waals surface area contributed by atoms with E-state index >= 15 is 0 Å². The molecule has 0 amide bonds. The highest BCUT2D eigenvalue weighted by atomic mass is 16.5. The number of hydrogen-bond donors (Lipinski definition) is 1. The fourth-order valence-corrected chi connectivity index (χ4v) is 3.57. The van der Waals surface area contributed by atoms with Crippen LogP contribution in [0.1, 0.15) is 39.4 Å². The summed E-state index contributed by atoms with van der Waals surface area (Å²) >= 11 is 0. The maximum Gasteiger partial charge on any atom is 0.338 e. The molecular weight excluding hydrogens is 424 g/mol. The summed E-state index contributed by atoms with van der Waals surface area (Å²) in [5.41, 5.74) is 5.36. The fourth-order valence-electron chi connectivity index (χ4n) is 3.57. The van der Waals surface area contributed by atoms with Crippen molar-refractivity contribution in [3.05, 3.63) is 103 Å². The molecule has 0 aromatic heterocycles. The van der Waals surface area contributed by atoms with Gasteiger partial charge in [0, 0.05) is 5.57 Å². The highest BCUT2D eigenvalue weighted by Crippen LogP contribution is 2.32. The van der Waals surface area contributed by atoms with Crippen molar-refractivity contribution in [2.45, 2.75) is 39.4 Å². The summed E-state index contributed by atoms with van der Waals surface area (Å²) in [7, 11) is 0. The van der Waals surface area contributed by atoms with Gasteiger partial charge in [0.2, 0.25) is 0 Å². The predicted octanol–water partition coefficient (Wildman–Crippen LogP) is 6.91. The van der Waals surface area contributed by atoms with E-state index in [9.17, 15) is 9.90 Å². The van der Waals surface area contributed by atoms with Crippen molar-refractivity contribution in [2.75, 3.05) is 6.61 Å². The Balaban J connectivity index is 1.81. The number of esters is 1. The van der Waals surface area contributed by atoms with Crippen molar-refractivity contribution in [1.29, 1.82) is 0 Å². The second-order valence-electron chi connectivity index (χ2n) is 9.20. The van der Waals surface area contributed by atoms with Crippen LogP contribution in [0.3, 0.4) is 0 Å². The van der Waals surface area contributed by atoms with Crippen LogP contribution >= 0.6 is 0 Å². The van der Waals surface area contributed by atoms with Crippen molar-refractivity contribution >= 4 is 5.97 Å². The number of benzene rings is 3. The number of ether oxygens (including phenoxy) is 2. The first-order valence-corrected chi connectivity index (χ1v) is 11.2. The van der Waals surface area contributed by atoms with Gasteiger partial charge in [0.15, 0.2) is 0 Å². The van der Waals surface area contributed by atoms with Crippen LogP contribution in [0.5, 0.6) is 5.75 Å². The Labute approximate surface area is 202 Å². The van der Waals surface area contributed by atoms with Gasteiger partial charge < -0.3 is 14.6 Å². The lowest BCUT2D eigenvalue weighted by Gasteiger charge is -2.30. The van der Waals surface area contributed by atoms with Crippen LogP contribution in [-0.2, 0) is 9.53 Å². The Hall–Kier alpha value is -3.47. The molecule has 3 aromatic carbocycles. The SMILES string of the molecule is C=C(C)COC(c1ccc(-c2cccc(-c3ccc(OC(=O)C(=C)C)cc3)c2)cc1)C(C)(C)O. The van der Waals surface area contributed by atoms with Crippen molar-refractivity contribution in [3.63, 3.8) is 0 Å². The molecule has 0 saturated carbocycles. The molecule has 3 aromatic rings. The lowest BCUT2D eigenvalue weighted by atomic mass is 9.92. The summed E-state index contributed by atoms with van der Waals surface area (Å²) in [4.78, 5) is 11.7. The minimum Gasteiger partial charge on any atom is -0.423 e. The van der Waals surface area contributed by atoms with Gasteiger partial charge in [-0.25, -0.2) is 4.79 Å².